The van der Waals surface area contributed by atoms with Gasteiger partial charge >= 0.3 is 0 Å². The molecule has 2 aromatic carbocycles. The first-order chi connectivity index (χ1) is 15.6. The number of nitrogens with zero attached hydrogens (tertiary/aromatic N) is 2. The van der Waals surface area contributed by atoms with E-state index in [0.717, 1.165) is 10.0 Å². The number of sulfonamides is 1. The summed E-state index contributed by atoms with van der Waals surface area (Å²) in [5, 5.41) is 23.1. The van der Waals surface area contributed by atoms with E-state index >= 15 is 0 Å². The number of hydrogen-bond acceptors (Lipinski definition) is 6. The summed E-state index contributed by atoms with van der Waals surface area (Å²) in [6, 6.07) is 14.8. The van der Waals surface area contributed by atoms with Gasteiger partial charge in [-0.15, -0.1) is 0 Å². The maximum atomic E-state index is 12.7. The number of benzene rings is 2. The van der Waals surface area contributed by atoms with Gasteiger partial charge in [0.15, 0.2) is 12.2 Å². The van der Waals surface area contributed by atoms with Crippen LogP contribution in [0.2, 0.25) is 0 Å². The molecule has 9 nitrogen and oxygen atoms in total. The fourth-order valence-electron chi connectivity index (χ4n) is 3.49. The molecule has 0 aliphatic carbocycles. The topological polar surface area (TPSA) is 127 Å². The molecule has 1 saturated heterocycles. The number of aliphatic hydroxyl groups is 2. The van der Waals surface area contributed by atoms with Crippen molar-refractivity contribution in [2.24, 2.45) is 0 Å². The highest BCUT2D eigenvalue weighted by Gasteiger charge is 2.37. The van der Waals surface area contributed by atoms with Crippen LogP contribution in [0.3, 0.4) is 0 Å². The van der Waals surface area contributed by atoms with Crippen LogP contribution < -0.4 is 5.32 Å². The summed E-state index contributed by atoms with van der Waals surface area (Å²) in [7, 11) is -3.69. The Kier molecular flexibility index (Phi) is 8.24. The van der Waals surface area contributed by atoms with E-state index in [1.54, 1.807) is 37.3 Å². The van der Waals surface area contributed by atoms with Gasteiger partial charge in [-0.3, -0.25) is 9.59 Å². The summed E-state index contributed by atoms with van der Waals surface area (Å²) in [6.07, 6.45) is -3.92. The Bertz CT molecular complexity index is 1070. The number of hydrogen-bond donors (Lipinski definition) is 3. The van der Waals surface area contributed by atoms with Crippen molar-refractivity contribution in [2.45, 2.75) is 30.1 Å². The van der Waals surface area contributed by atoms with Crippen molar-refractivity contribution >= 4 is 37.8 Å². The van der Waals surface area contributed by atoms with Crippen LogP contribution in [0.4, 0.5) is 0 Å². The van der Waals surface area contributed by atoms with Crippen molar-refractivity contribution < 1.29 is 28.2 Å². The highest BCUT2D eigenvalue weighted by molar-refractivity contribution is 9.10. The lowest BCUT2D eigenvalue weighted by molar-refractivity contribution is -0.154. The molecule has 1 aliphatic rings. The molecule has 33 heavy (non-hydrogen) atoms. The Balaban J connectivity index is 1.55. The smallest absolute Gasteiger partial charge is 0.254 e. The molecule has 0 radical (unpaired) electrons. The summed E-state index contributed by atoms with van der Waals surface area (Å²) in [4.78, 5) is 26.4. The molecule has 0 bridgehead atoms. The predicted octanol–water partition coefficient (Wildman–Crippen LogP) is 0.881. The number of rotatable bonds is 7. The van der Waals surface area contributed by atoms with Gasteiger partial charge in [0.1, 0.15) is 0 Å². The van der Waals surface area contributed by atoms with Gasteiger partial charge in [0.2, 0.25) is 10.0 Å². The van der Waals surface area contributed by atoms with Gasteiger partial charge in [-0.1, -0.05) is 46.3 Å². The van der Waals surface area contributed by atoms with Crippen molar-refractivity contribution in [3.05, 3.63) is 64.6 Å². The molecule has 2 amide bonds. The largest absolute Gasteiger partial charge is 0.380 e. The van der Waals surface area contributed by atoms with Crippen molar-refractivity contribution in [2.75, 3.05) is 26.2 Å². The second-order valence-electron chi connectivity index (χ2n) is 7.71. The summed E-state index contributed by atoms with van der Waals surface area (Å²) < 4.78 is 27.6. The molecule has 11 heteroatoms. The van der Waals surface area contributed by atoms with Crippen LogP contribution in [0.25, 0.3) is 0 Å². The van der Waals surface area contributed by atoms with E-state index < -0.39 is 40.1 Å². The number of carbonyl (C=O) groups is 2. The zero-order chi connectivity index (χ0) is 24.2. The second kappa shape index (κ2) is 10.7. The molecule has 1 fully saturated rings. The monoisotopic (exact) mass is 539 g/mol. The third-order valence-corrected chi connectivity index (χ3v) is 7.92. The summed E-state index contributed by atoms with van der Waals surface area (Å²) in [6.45, 7) is 1.86. The molecule has 2 aromatic rings. The number of piperazine rings is 1. The molecule has 178 valence electrons. The summed E-state index contributed by atoms with van der Waals surface area (Å²) >= 11 is 3.33. The first-order valence-corrected chi connectivity index (χ1v) is 12.6. The lowest BCUT2D eigenvalue weighted by Crippen LogP contribution is -2.56. The summed E-state index contributed by atoms with van der Waals surface area (Å²) in [5.74, 6) is -1.71. The number of carbonyl (C=O) groups excluding carboxylic acids is 2. The average molecular weight is 540 g/mol. The minimum absolute atomic E-state index is 0.0333. The van der Waals surface area contributed by atoms with Crippen LogP contribution in [0, 0.1) is 0 Å². The standard InChI is InChI=1S/C22H26BrN3O6S/c1-15(16-7-9-17(23)10-8-16)24-21(29)19(27)20(28)22(30)25-11-13-26(14-12-25)33(31,32)18-5-3-2-4-6-18/h2-10,15,19-20,27-28H,11-14H2,1H3,(H,24,29)/t15-,19+,20+/m0/s1. The minimum atomic E-state index is -3.69. The van der Waals surface area contributed by atoms with Crippen LogP contribution in [0.1, 0.15) is 18.5 Å². The number of amides is 2. The van der Waals surface area contributed by atoms with Crippen molar-refractivity contribution in [1.29, 1.82) is 0 Å². The maximum Gasteiger partial charge on any atom is 0.254 e. The Labute approximate surface area is 201 Å². The average Bonchev–Trinajstić information content (AvgIpc) is 2.83. The molecular formula is C22H26BrN3O6S. The van der Waals surface area contributed by atoms with E-state index in [1.165, 1.54) is 21.3 Å². The molecule has 1 heterocycles. The van der Waals surface area contributed by atoms with Gasteiger partial charge in [0.25, 0.3) is 11.8 Å². The lowest BCUT2D eigenvalue weighted by Gasteiger charge is -2.35. The Hall–Kier alpha value is -2.31. The van der Waals surface area contributed by atoms with Crippen molar-refractivity contribution in [1.82, 2.24) is 14.5 Å². The first-order valence-electron chi connectivity index (χ1n) is 10.4. The van der Waals surface area contributed by atoms with Crippen LogP contribution in [0.15, 0.2) is 64.0 Å². The van der Waals surface area contributed by atoms with Crippen LogP contribution in [0.5, 0.6) is 0 Å². The van der Waals surface area contributed by atoms with Crippen LogP contribution in [-0.4, -0.2) is 78.0 Å². The molecule has 3 N–H and O–H groups in total. The van der Waals surface area contributed by atoms with Crippen LogP contribution in [-0.2, 0) is 19.6 Å². The van der Waals surface area contributed by atoms with E-state index in [-0.39, 0.29) is 31.1 Å². The van der Waals surface area contributed by atoms with E-state index in [4.69, 9.17) is 0 Å². The molecule has 0 spiro atoms. The normalized spacial score (nSPS) is 17.8. The molecule has 3 rings (SSSR count). The maximum absolute atomic E-state index is 12.7. The van der Waals surface area contributed by atoms with E-state index in [0.29, 0.717) is 0 Å². The SMILES string of the molecule is C[C@H](NC(=O)[C@H](O)[C@@H](O)C(=O)N1CCN(S(=O)(=O)c2ccccc2)CC1)c1ccc(Br)cc1. The Morgan fingerprint density at radius 2 is 1.52 bits per heavy atom. The van der Waals surface area contributed by atoms with Gasteiger partial charge in [-0.25, -0.2) is 8.42 Å². The predicted molar refractivity (Wildman–Crippen MR) is 124 cm³/mol. The first kappa shape index (κ1) is 25.3. The number of aliphatic hydroxyl groups excluding tert-OH is 2. The van der Waals surface area contributed by atoms with Gasteiger partial charge in [-0.2, -0.15) is 4.31 Å². The lowest BCUT2D eigenvalue weighted by atomic mass is 10.1. The second-order valence-corrected chi connectivity index (χ2v) is 10.6. The highest BCUT2D eigenvalue weighted by atomic mass is 79.9. The molecule has 3 atom stereocenters. The number of nitrogens with one attached hydrogen (secondary N) is 1. The third-order valence-electron chi connectivity index (χ3n) is 5.48. The van der Waals surface area contributed by atoms with E-state index in [2.05, 4.69) is 21.2 Å². The molecule has 0 aromatic heterocycles. The Morgan fingerprint density at radius 1 is 0.939 bits per heavy atom. The van der Waals surface area contributed by atoms with E-state index in [9.17, 15) is 28.2 Å². The third kappa shape index (κ3) is 5.98. The van der Waals surface area contributed by atoms with E-state index in [1.807, 2.05) is 12.1 Å². The highest BCUT2D eigenvalue weighted by Crippen LogP contribution is 2.19. The van der Waals surface area contributed by atoms with Crippen LogP contribution >= 0.6 is 15.9 Å². The quantitative estimate of drug-likeness (QED) is 0.479. The van der Waals surface area contributed by atoms with Gasteiger partial charge in [-0.05, 0) is 36.8 Å². The summed E-state index contributed by atoms with van der Waals surface area (Å²) in [5.41, 5.74) is 0.787. The van der Waals surface area contributed by atoms with Gasteiger partial charge < -0.3 is 20.4 Å². The minimum Gasteiger partial charge on any atom is -0.380 e. The molecule has 0 saturated carbocycles. The zero-order valence-corrected chi connectivity index (χ0v) is 20.4. The zero-order valence-electron chi connectivity index (χ0n) is 18.0. The molecular weight excluding hydrogens is 514 g/mol. The van der Waals surface area contributed by atoms with Crippen molar-refractivity contribution in [3.8, 4) is 0 Å². The fraction of sp³-hybridized carbons (Fsp3) is 0.364. The van der Waals surface area contributed by atoms with Gasteiger partial charge in [0.05, 0.1) is 10.9 Å². The fourth-order valence-corrected chi connectivity index (χ4v) is 5.20. The molecule has 1 aliphatic heterocycles. The number of halogens is 1. The van der Waals surface area contributed by atoms with Crippen molar-refractivity contribution in [3.63, 3.8) is 0 Å². The molecule has 0 unspecified atom stereocenters. The van der Waals surface area contributed by atoms with Gasteiger partial charge in [0, 0.05) is 30.7 Å². The Morgan fingerprint density at radius 3 is 2.09 bits per heavy atom.